The summed E-state index contributed by atoms with van der Waals surface area (Å²) in [6.07, 6.45) is 2.45. The van der Waals surface area contributed by atoms with Crippen molar-refractivity contribution in [2.24, 2.45) is 0 Å². The molecule has 14 heavy (non-hydrogen) atoms. The van der Waals surface area contributed by atoms with Gasteiger partial charge in [0.15, 0.2) is 0 Å². The van der Waals surface area contributed by atoms with Crippen LogP contribution in [-0.4, -0.2) is 46.0 Å². The normalized spacial score (nSPS) is 21.5. The molecule has 80 valence electrons. The van der Waals surface area contributed by atoms with Crippen molar-refractivity contribution in [1.82, 2.24) is 4.90 Å². The molecule has 2 amide bonds. The SMILES string of the molecule is CSCC(C)(O)CN1C(=O)CCC1=O. The summed E-state index contributed by atoms with van der Waals surface area (Å²) in [6, 6.07) is 0. The van der Waals surface area contributed by atoms with Crippen LogP contribution in [0.3, 0.4) is 0 Å². The lowest BCUT2D eigenvalue weighted by molar-refractivity contribution is -0.141. The van der Waals surface area contributed by atoms with E-state index in [0.717, 1.165) is 4.90 Å². The largest absolute Gasteiger partial charge is 0.387 e. The fraction of sp³-hybridized carbons (Fsp3) is 0.778. The van der Waals surface area contributed by atoms with E-state index in [2.05, 4.69) is 0 Å². The van der Waals surface area contributed by atoms with Crippen LogP contribution in [0.5, 0.6) is 0 Å². The smallest absolute Gasteiger partial charge is 0.229 e. The van der Waals surface area contributed by atoms with Crippen LogP contribution in [0.25, 0.3) is 0 Å². The molecule has 1 atom stereocenters. The monoisotopic (exact) mass is 217 g/mol. The second-order valence-corrected chi connectivity index (χ2v) is 4.67. The summed E-state index contributed by atoms with van der Waals surface area (Å²) >= 11 is 1.50. The van der Waals surface area contributed by atoms with Gasteiger partial charge >= 0.3 is 0 Å². The highest BCUT2D eigenvalue weighted by molar-refractivity contribution is 7.98. The Morgan fingerprint density at radius 2 is 1.93 bits per heavy atom. The molecule has 0 aromatic heterocycles. The summed E-state index contributed by atoms with van der Waals surface area (Å²) in [7, 11) is 0. The number of aliphatic hydroxyl groups is 1. The van der Waals surface area contributed by atoms with E-state index in [-0.39, 0.29) is 31.2 Å². The van der Waals surface area contributed by atoms with E-state index in [9.17, 15) is 14.7 Å². The molecule has 0 aromatic carbocycles. The fourth-order valence-corrected chi connectivity index (χ4v) is 2.21. The summed E-state index contributed by atoms with van der Waals surface area (Å²) < 4.78 is 0. The van der Waals surface area contributed by atoms with Gasteiger partial charge in [-0.3, -0.25) is 14.5 Å². The molecule has 0 aromatic rings. The van der Waals surface area contributed by atoms with E-state index >= 15 is 0 Å². The minimum Gasteiger partial charge on any atom is -0.387 e. The minimum atomic E-state index is -0.977. The first-order valence-corrected chi connectivity index (χ1v) is 5.90. The third-order valence-corrected chi connectivity index (χ3v) is 3.02. The second kappa shape index (κ2) is 4.31. The Kier molecular flexibility index (Phi) is 3.55. The quantitative estimate of drug-likeness (QED) is 0.686. The van der Waals surface area contributed by atoms with Crippen molar-refractivity contribution in [1.29, 1.82) is 0 Å². The molecule has 1 aliphatic rings. The number of likely N-dealkylation sites (tertiary alicyclic amines) is 1. The first kappa shape index (κ1) is 11.5. The van der Waals surface area contributed by atoms with E-state index < -0.39 is 5.60 Å². The molecular weight excluding hydrogens is 202 g/mol. The number of rotatable bonds is 4. The van der Waals surface area contributed by atoms with Gasteiger partial charge in [0.05, 0.1) is 12.1 Å². The molecule has 1 aliphatic heterocycles. The van der Waals surface area contributed by atoms with Crippen LogP contribution in [0.4, 0.5) is 0 Å². The lowest BCUT2D eigenvalue weighted by Gasteiger charge is -2.26. The van der Waals surface area contributed by atoms with Gasteiger partial charge in [-0.15, -0.1) is 0 Å². The van der Waals surface area contributed by atoms with Gasteiger partial charge in [-0.05, 0) is 13.2 Å². The maximum atomic E-state index is 11.3. The third kappa shape index (κ3) is 2.72. The van der Waals surface area contributed by atoms with Crippen LogP contribution in [0, 0.1) is 0 Å². The summed E-state index contributed by atoms with van der Waals surface area (Å²) in [6.45, 7) is 1.76. The highest BCUT2D eigenvalue weighted by Crippen LogP contribution is 2.18. The van der Waals surface area contributed by atoms with Gasteiger partial charge in [0.25, 0.3) is 0 Å². The average Bonchev–Trinajstić information content (AvgIpc) is 2.35. The van der Waals surface area contributed by atoms with Crippen molar-refractivity contribution in [3.8, 4) is 0 Å². The molecule has 1 fully saturated rings. The summed E-state index contributed by atoms with van der Waals surface area (Å²) in [5.41, 5.74) is -0.977. The average molecular weight is 217 g/mol. The molecule has 0 aliphatic carbocycles. The van der Waals surface area contributed by atoms with Crippen LogP contribution >= 0.6 is 11.8 Å². The Hall–Kier alpha value is -0.550. The molecule has 0 saturated carbocycles. The molecule has 1 N–H and O–H groups in total. The van der Waals surface area contributed by atoms with Crippen molar-refractivity contribution >= 4 is 23.6 Å². The second-order valence-electron chi connectivity index (χ2n) is 3.80. The predicted molar refractivity (Wildman–Crippen MR) is 55.0 cm³/mol. The van der Waals surface area contributed by atoms with Crippen molar-refractivity contribution in [3.63, 3.8) is 0 Å². The van der Waals surface area contributed by atoms with Gasteiger partial charge in [0.2, 0.25) is 11.8 Å². The summed E-state index contributed by atoms with van der Waals surface area (Å²) in [5, 5.41) is 9.84. The molecule has 5 heteroatoms. The van der Waals surface area contributed by atoms with Crippen LogP contribution in [0.15, 0.2) is 0 Å². The van der Waals surface area contributed by atoms with E-state index in [1.165, 1.54) is 11.8 Å². The summed E-state index contributed by atoms with van der Waals surface area (Å²) in [5.74, 6) is 0.178. The maximum absolute atomic E-state index is 11.3. The summed E-state index contributed by atoms with van der Waals surface area (Å²) in [4.78, 5) is 23.7. The van der Waals surface area contributed by atoms with Crippen molar-refractivity contribution in [3.05, 3.63) is 0 Å². The Morgan fingerprint density at radius 3 is 2.36 bits per heavy atom. The van der Waals surface area contributed by atoms with Crippen molar-refractivity contribution < 1.29 is 14.7 Å². The van der Waals surface area contributed by atoms with Gasteiger partial charge < -0.3 is 5.11 Å². The predicted octanol–water partition coefficient (Wildman–Crippen LogP) is 0.249. The zero-order valence-corrected chi connectivity index (χ0v) is 9.26. The van der Waals surface area contributed by atoms with E-state index in [4.69, 9.17) is 0 Å². The Morgan fingerprint density at radius 1 is 1.43 bits per heavy atom. The molecule has 1 unspecified atom stereocenters. The van der Waals surface area contributed by atoms with Crippen molar-refractivity contribution in [2.45, 2.75) is 25.4 Å². The number of imide groups is 1. The molecule has 0 spiro atoms. The standard InChI is InChI=1S/C9H15NO3S/c1-9(13,6-14-2)5-10-7(11)3-4-8(10)12/h13H,3-6H2,1-2H3. The molecule has 1 rings (SSSR count). The number of amides is 2. The zero-order chi connectivity index (χ0) is 10.8. The maximum Gasteiger partial charge on any atom is 0.229 e. The van der Waals surface area contributed by atoms with Crippen LogP contribution in [0.1, 0.15) is 19.8 Å². The molecule has 0 radical (unpaired) electrons. The van der Waals surface area contributed by atoms with Crippen LogP contribution in [0.2, 0.25) is 0 Å². The third-order valence-electron chi connectivity index (χ3n) is 2.11. The Labute approximate surface area is 87.7 Å². The fourth-order valence-electron chi connectivity index (χ4n) is 1.50. The first-order valence-electron chi connectivity index (χ1n) is 4.51. The topological polar surface area (TPSA) is 57.6 Å². The zero-order valence-electron chi connectivity index (χ0n) is 8.45. The number of hydrogen-bond donors (Lipinski definition) is 1. The van der Waals surface area contributed by atoms with Crippen LogP contribution < -0.4 is 0 Å². The Balaban J connectivity index is 2.58. The number of thioether (sulfide) groups is 1. The molecule has 1 heterocycles. The van der Waals surface area contributed by atoms with Gasteiger partial charge in [0, 0.05) is 18.6 Å². The molecule has 1 saturated heterocycles. The van der Waals surface area contributed by atoms with E-state index in [1.807, 2.05) is 6.26 Å². The van der Waals surface area contributed by atoms with Gasteiger partial charge in [0.1, 0.15) is 0 Å². The molecule has 0 bridgehead atoms. The highest BCUT2D eigenvalue weighted by Gasteiger charge is 2.34. The lowest BCUT2D eigenvalue weighted by Crippen LogP contribution is -2.44. The minimum absolute atomic E-state index is 0.117. The lowest BCUT2D eigenvalue weighted by atomic mass is 10.1. The van der Waals surface area contributed by atoms with E-state index in [0.29, 0.717) is 5.75 Å². The Bertz CT molecular complexity index is 236. The number of hydrogen-bond acceptors (Lipinski definition) is 4. The molecular formula is C9H15NO3S. The highest BCUT2D eigenvalue weighted by atomic mass is 32.2. The number of carbonyl (C=O) groups is 2. The number of β-amino-alcohol motifs (C(OH)–C–C–N with tert-alkyl or cyclic N) is 1. The van der Waals surface area contributed by atoms with Gasteiger partial charge in [-0.25, -0.2) is 0 Å². The van der Waals surface area contributed by atoms with Crippen molar-refractivity contribution in [2.75, 3.05) is 18.6 Å². The van der Waals surface area contributed by atoms with Gasteiger partial charge in [-0.2, -0.15) is 11.8 Å². The van der Waals surface area contributed by atoms with Crippen LogP contribution in [-0.2, 0) is 9.59 Å². The van der Waals surface area contributed by atoms with Gasteiger partial charge in [-0.1, -0.05) is 0 Å². The number of carbonyl (C=O) groups excluding carboxylic acids is 2. The number of nitrogens with zero attached hydrogens (tertiary/aromatic N) is 1. The molecule has 4 nitrogen and oxygen atoms in total. The van der Waals surface area contributed by atoms with E-state index in [1.54, 1.807) is 6.92 Å². The first-order chi connectivity index (χ1) is 6.46.